The number of aliphatic hydroxyl groups is 1. The van der Waals surface area contributed by atoms with Crippen LogP contribution in [0.5, 0.6) is 0 Å². The van der Waals surface area contributed by atoms with Crippen LogP contribution in [-0.4, -0.2) is 56.2 Å². The van der Waals surface area contributed by atoms with Gasteiger partial charge in [-0.1, -0.05) is 56.4 Å². The summed E-state index contributed by atoms with van der Waals surface area (Å²) in [6.07, 6.45) is 12.0. The Balaban J connectivity index is 1.93. The third kappa shape index (κ3) is 7.34. The minimum atomic E-state index is -1.43. The van der Waals surface area contributed by atoms with E-state index < -0.39 is 13.7 Å². The largest absolute Gasteiger partial charge is 0.386 e. The highest BCUT2D eigenvalue weighted by Crippen LogP contribution is 2.41. The van der Waals surface area contributed by atoms with Crippen molar-refractivity contribution in [2.24, 2.45) is 5.41 Å². The molecule has 0 saturated carbocycles. The molecule has 1 aliphatic carbocycles. The minimum Gasteiger partial charge on any atom is -0.386 e. The average Bonchev–Trinajstić information content (AvgIpc) is 2.53. The fraction of sp³-hybridized carbons (Fsp3) is 0.739. The lowest BCUT2D eigenvalue weighted by atomic mass is 9.72. The Bertz CT molecular complexity index is 581. The second-order valence-corrected chi connectivity index (χ2v) is 14.7. The SMILES string of the molecule is CC1=C(/C=C/C(C)(O)C/C=C/[Si](C)(C)CN2CCOCC2)C(C)(C)CCC1. The topological polar surface area (TPSA) is 32.7 Å². The van der Waals surface area contributed by atoms with Crippen LogP contribution < -0.4 is 0 Å². The molecule has 1 heterocycles. The van der Waals surface area contributed by atoms with E-state index in [0.29, 0.717) is 6.42 Å². The number of hydrogen-bond acceptors (Lipinski definition) is 3. The summed E-state index contributed by atoms with van der Waals surface area (Å²) >= 11 is 0. The summed E-state index contributed by atoms with van der Waals surface area (Å²) in [6.45, 7) is 17.4. The predicted molar refractivity (Wildman–Crippen MR) is 119 cm³/mol. The van der Waals surface area contributed by atoms with Gasteiger partial charge in [-0.25, -0.2) is 0 Å². The predicted octanol–water partition coefficient (Wildman–Crippen LogP) is 4.89. The van der Waals surface area contributed by atoms with Crippen molar-refractivity contribution in [3.8, 4) is 0 Å². The van der Waals surface area contributed by atoms with Crippen molar-refractivity contribution in [2.75, 3.05) is 32.5 Å². The zero-order chi connectivity index (χ0) is 20.1. The van der Waals surface area contributed by atoms with Crippen LogP contribution in [0.15, 0.2) is 35.1 Å². The van der Waals surface area contributed by atoms with E-state index in [-0.39, 0.29) is 5.41 Å². The lowest BCUT2D eigenvalue weighted by molar-refractivity contribution is 0.0456. The summed E-state index contributed by atoms with van der Waals surface area (Å²) in [7, 11) is -1.43. The number of hydrogen-bond donors (Lipinski definition) is 1. The van der Waals surface area contributed by atoms with E-state index in [1.165, 1.54) is 36.6 Å². The highest BCUT2D eigenvalue weighted by atomic mass is 28.3. The van der Waals surface area contributed by atoms with Gasteiger partial charge in [0, 0.05) is 13.1 Å². The van der Waals surface area contributed by atoms with Gasteiger partial charge in [0.25, 0.3) is 0 Å². The van der Waals surface area contributed by atoms with Crippen LogP contribution in [0.2, 0.25) is 13.1 Å². The molecule has 154 valence electrons. The molecule has 1 N–H and O–H groups in total. The molecule has 0 aromatic carbocycles. The van der Waals surface area contributed by atoms with Crippen LogP contribution in [-0.2, 0) is 4.74 Å². The van der Waals surface area contributed by atoms with Gasteiger partial charge in [0.2, 0.25) is 0 Å². The van der Waals surface area contributed by atoms with Crippen LogP contribution in [0.25, 0.3) is 0 Å². The van der Waals surface area contributed by atoms with Gasteiger partial charge in [-0.2, -0.15) is 0 Å². The average molecular weight is 392 g/mol. The second kappa shape index (κ2) is 9.21. The minimum absolute atomic E-state index is 0.220. The van der Waals surface area contributed by atoms with E-state index in [4.69, 9.17) is 4.74 Å². The van der Waals surface area contributed by atoms with Crippen molar-refractivity contribution in [3.05, 3.63) is 35.1 Å². The Labute approximate surface area is 168 Å². The third-order valence-corrected chi connectivity index (χ3v) is 8.39. The molecule has 3 nitrogen and oxygen atoms in total. The van der Waals surface area contributed by atoms with Crippen molar-refractivity contribution in [1.29, 1.82) is 0 Å². The number of morpholine rings is 1. The van der Waals surface area contributed by atoms with Crippen molar-refractivity contribution >= 4 is 8.07 Å². The third-order valence-electron chi connectivity index (χ3n) is 5.99. The molecule has 27 heavy (non-hydrogen) atoms. The molecule has 1 saturated heterocycles. The standard InChI is InChI=1S/C23H41NO2Si/c1-20-9-7-11-22(2,3)21(20)10-13-23(4,25)12-8-18-27(5,6)19-24-14-16-26-17-15-24/h8,10,13,18,25H,7,9,11-12,14-17,19H2,1-6H3/b13-10+,18-8+. The van der Waals surface area contributed by atoms with Gasteiger partial charge in [-0.05, 0) is 56.7 Å². The fourth-order valence-corrected chi connectivity index (χ4v) is 6.68. The van der Waals surface area contributed by atoms with Gasteiger partial charge < -0.3 is 14.7 Å². The first-order valence-corrected chi connectivity index (χ1v) is 13.9. The number of rotatable bonds is 7. The molecule has 0 spiro atoms. The molecule has 1 fully saturated rings. The van der Waals surface area contributed by atoms with Crippen molar-refractivity contribution in [3.63, 3.8) is 0 Å². The molecule has 0 aromatic rings. The second-order valence-electron chi connectivity index (χ2n) is 10.1. The molecule has 4 heteroatoms. The maximum Gasteiger partial charge on any atom is 0.0857 e. The van der Waals surface area contributed by atoms with Gasteiger partial charge in [0.15, 0.2) is 0 Å². The molecule has 2 rings (SSSR count). The summed E-state index contributed by atoms with van der Waals surface area (Å²) in [6, 6.07) is 0. The number of allylic oxidation sites excluding steroid dienone is 3. The monoisotopic (exact) mass is 391 g/mol. The van der Waals surface area contributed by atoms with Crippen LogP contribution in [0.3, 0.4) is 0 Å². The highest BCUT2D eigenvalue weighted by Gasteiger charge is 2.28. The van der Waals surface area contributed by atoms with Crippen LogP contribution in [0.1, 0.15) is 53.4 Å². The Hall–Kier alpha value is -0.683. The Kier molecular flexibility index (Phi) is 7.71. The van der Waals surface area contributed by atoms with E-state index >= 15 is 0 Å². The van der Waals surface area contributed by atoms with E-state index in [1.54, 1.807) is 0 Å². The van der Waals surface area contributed by atoms with Crippen LogP contribution in [0, 0.1) is 5.41 Å². The summed E-state index contributed by atoms with van der Waals surface area (Å²) in [5, 5.41) is 10.8. The Morgan fingerprint density at radius 1 is 1.26 bits per heavy atom. The first-order valence-electron chi connectivity index (χ1n) is 10.6. The highest BCUT2D eigenvalue weighted by molar-refractivity contribution is 6.82. The quantitative estimate of drug-likeness (QED) is 0.628. The van der Waals surface area contributed by atoms with Crippen molar-refractivity contribution in [2.45, 2.75) is 72.1 Å². The lowest BCUT2D eigenvalue weighted by Gasteiger charge is -2.33. The number of ether oxygens (including phenoxy) is 1. The van der Waals surface area contributed by atoms with E-state index in [1.807, 2.05) is 13.0 Å². The van der Waals surface area contributed by atoms with Gasteiger partial charge in [0.1, 0.15) is 0 Å². The summed E-state index contributed by atoms with van der Waals surface area (Å²) in [5.74, 6) is 0. The molecular weight excluding hydrogens is 350 g/mol. The molecule has 1 atom stereocenters. The van der Waals surface area contributed by atoms with E-state index in [0.717, 1.165) is 26.3 Å². The smallest absolute Gasteiger partial charge is 0.0857 e. The van der Waals surface area contributed by atoms with E-state index in [2.05, 4.69) is 56.6 Å². The summed E-state index contributed by atoms with van der Waals surface area (Å²) in [4.78, 5) is 2.53. The van der Waals surface area contributed by atoms with Crippen molar-refractivity contribution < 1.29 is 9.84 Å². The van der Waals surface area contributed by atoms with Gasteiger partial charge in [-0.15, -0.1) is 0 Å². The molecule has 0 radical (unpaired) electrons. The van der Waals surface area contributed by atoms with E-state index in [9.17, 15) is 5.11 Å². The lowest BCUT2D eigenvalue weighted by Crippen LogP contribution is -2.46. The number of nitrogens with zero attached hydrogens (tertiary/aromatic N) is 1. The van der Waals surface area contributed by atoms with Crippen molar-refractivity contribution in [1.82, 2.24) is 4.90 Å². The van der Waals surface area contributed by atoms with Gasteiger partial charge in [-0.3, -0.25) is 0 Å². The molecule has 0 bridgehead atoms. The summed E-state index contributed by atoms with van der Waals surface area (Å²) in [5.41, 5.74) is 4.73. The Morgan fingerprint density at radius 3 is 2.56 bits per heavy atom. The molecule has 1 aliphatic heterocycles. The fourth-order valence-electron chi connectivity index (χ4n) is 4.35. The zero-order valence-electron chi connectivity index (χ0n) is 18.5. The first kappa shape index (κ1) is 22.6. The zero-order valence-corrected chi connectivity index (χ0v) is 19.5. The van der Waals surface area contributed by atoms with Gasteiger partial charge >= 0.3 is 0 Å². The molecule has 0 amide bonds. The molecule has 0 aromatic heterocycles. The molecular formula is C23H41NO2Si. The van der Waals surface area contributed by atoms with Crippen LogP contribution in [0.4, 0.5) is 0 Å². The Morgan fingerprint density at radius 2 is 1.93 bits per heavy atom. The first-order chi connectivity index (χ1) is 12.5. The molecule has 1 unspecified atom stereocenters. The molecule has 2 aliphatic rings. The maximum atomic E-state index is 10.8. The van der Waals surface area contributed by atoms with Crippen LogP contribution >= 0.6 is 0 Å². The summed E-state index contributed by atoms with van der Waals surface area (Å²) < 4.78 is 5.45. The normalized spacial score (nSPS) is 24.7. The maximum absolute atomic E-state index is 10.8. The van der Waals surface area contributed by atoms with Gasteiger partial charge in [0.05, 0.1) is 26.9 Å².